The van der Waals surface area contributed by atoms with Gasteiger partial charge < -0.3 is 19.7 Å². The van der Waals surface area contributed by atoms with Gasteiger partial charge in [0.05, 0.1) is 36.2 Å². The largest absolute Gasteiger partial charge is 0.493 e. The van der Waals surface area contributed by atoms with Crippen molar-refractivity contribution < 1.29 is 27.5 Å². The van der Waals surface area contributed by atoms with Crippen LogP contribution in [0, 0.1) is 0 Å². The molecule has 0 bridgehead atoms. The lowest BCUT2D eigenvalue weighted by Crippen LogP contribution is -2.62. The standard InChI is InChI=1S/C38H50Cl2N6O6S/c1-7-52-32-17-16-30(53(49,50)44-37(3,4)5)22-31(32)38(36(48)46-20-18-45(19-21-46)24-33(47)41-23-25(2)51-6)42-34(26-8-12-28(39)13-9-26)35(43-38)27-10-14-29(40)15-11-27/h8-17,22,25,34-35,42-44H,7,18-21,23-24H2,1-6H3,(H,41,47)/t25?,34-,35+,38?. The van der Waals surface area contributed by atoms with Gasteiger partial charge in [0, 0.05) is 61.0 Å². The van der Waals surface area contributed by atoms with Crippen molar-refractivity contribution in [2.75, 3.05) is 53.0 Å². The first kappa shape index (κ1) is 40.9. The van der Waals surface area contributed by atoms with E-state index >= 15 is 4.79 Å². The molecule has 0 radical (unpaired) electrons. The molecule has 15 heteroatoms. The number of rotatable bonds is 13. The molecule has 0 aromatic heterocycles. The minimum Gasteiger partial charge on any atom is -0.493 e. The molecule has 4 atom stereocenters. The fraction of sp³-hybridized carbons (Fsp3) is 0.474. The van der Waals surface area contributed by atoms with Crippen LogP contribution in [0.2, 0.25) is 10.0 Å². The first-order chi connectivity index (χ1) is 25.0. The molecule has 4 N–H and O–H groups in total. The average Bonchev–Trinajstić information content (AvgIpc) is 3.52. The Bertz CT molecular complexity index is 1790. The van der Waals surface area contributed by atoms with Gasteiger partial charge in [-0.2, -0.15) is 0 Å². The van der Waals surface area contributed by atoms with Gasteiger partial charge in [-0.15, -0.1) is 0 Å². The summed E-state index contributed by atoms with van der Waals surface area (Å²) in [4.78, 5) is 31.7. The maximum absolute atomic E-state index is 15.3. The number of amides is 2. The van der Waals surface area contributed by atoms with Crippen LogP contribution in [0.25, 0.3) is 0 Å². The summed E-state index contributed by atoms with van der Waals surface area (Å²) in [5.74, 6) is -0.0860. The molecular formula is C38H50Cl2N6O6S. The third kappa shape index (κ3) is 9.89. The highest BCUT2D eigenvalue weighted by Crippen LogP contribution is 2.45. The van der Waals surface area contributed by atoms with E-state index in [2.05, 4.69) is 20.7 Å². The summed E-state index contributed by atoms with van der Waals surface area (Å²) in [7, 11) is -2.42. The number of hydrogen-bond acceptors (Lipinski definition) is 9. The minimum atomic E-state index is -4.02. The molecule has 2 unspecified atom stereocenters. The topological polar surface area (TPSA) is 141 Å². The molecular weight excluding hydrogens is 739 g/mol. The molecule has 53 heavy (non-hydrogen) atoms. The second-order valence-electron chi connectivity index (χ2n) is 14.5. The summed E-state index contributed by atoms with van der Waals surface area (Å²) in [5, 5.41) is 11.3. The van der Waals surface area contributed by atoms with Crippen LogP contribution < -0.4 is 25.4 Å². The minimum absolute atomic E-state index is 0.0155. The number of carbonyl (C=O) groups excluding carboxylic acids is 2. The fourth-order valence-electron chi connectivity index (χ4n) is 6.62. The van der Waals surface area contributed by atoms with Crippen molar-refractivity contribution >= 4 is 45.0 Å². The van der Waals surface area contributed by atoms with Crippen LogP contribution in [0.15, 0.2) is 71.6 Å². The van der Waals surface area contributed by atoms with Crippen LogP contribution in [0.4, 0.5) is 0 Å². The Morgan fingerprint density at radius 3 is 1.96 bits per heavy atom. The van der Waals surface area contributed by atoms with Gasteiger partial charge in [-0.05, 0) is 88.2 Å². The molecule has 3 aromatic rings. The van der Waals surface area contributed by atoms with Crippen LogP contribution >= 0.6 is 23.2 Å². The van der Waals surface area contributed by atoms with Crippen molar-refractivity contribution in [1.82, 2.24) is 30.5 Å². The lowest BCUT2D eigenvalue weighted by atomic mass is 9.95. The van der Waals surface area contributed by atoms with Gasteiger partial charge in [0.25, 0.3) is 5.91 Å². The summed E-state index contributed by atoms with van der Waals surface area (Å²) in [6, 6.07) is 18.4. The summed E-state index contributed by atoms with van der Waals surface area (Å²) in [6.07, 6.45) is -0.108. The van der Waals surface area contributed by atoms with Crippen LogP contribution in [0.1, 0.15) is 63.4 Å². The number of benzene rings is 3. The molecule has 0 aliphatic carbocycles. The highest BCUT2D eigenvalue weighted by Gasteiger charge is 2.55. The average molecular weight is 790 g/mol. The van der Waals surface area contributed by atoms with Crippen LogP contribution in [0.3, 0.4) is 0 Å². The Balaban J connectivity index is 1.59. The highest BCUT2D eigenvalue weighted by atomic mass is 35.5. The molecule has 0 saturated carbocycles. The number of ether oxygens (including phenoxy) is 2. The zero-order chi connectivity index (χ0) is 38.6. The van der Waals surface area contributed by atoms with Crippen LogP contribution in [-0.2, 0) is 30.0 Å². The second kappa shape index (κ2) is 17.0. The number of methoxy groups -OCH3 is 1. The van der Waals surface area contributed by atoms with E-state index < -0.39 is 33.3 Å². The van der Waals surface area contributed by atoms with E-state index in [4.69, 9.17) is 32.7 Å². The van der Waals surface area contributed by atoms with E-state index in [1.807, 2.05) is 43.0 Å². The molecule has 2 fully saturated rings. The van der Waals surface area contributed by atoms with Gasteiger partial charge in [-0.3, -0.25) is 25.1 Å². The van der Waals surface area contributed by atoms with E-state index in [9.17, 15) is 13.2 Å². The maximum Gasteiger partial charge on any atom is 0.262 e. The van der Waals surface area contributed by atoms with Gasteiger partial charge in [0.1, 0.15) is 5.75 Å². The van der Waals surface area contributed by atoms with E-state index in [1.54, 1.807) is 63.1 Å². The normalized spacial score (nSPS) is 21.7. The number of nitrogens with zero attached hydrogens (tertiary/aromatic N) is 2. The van der Waals surface area contributed by atoms with E-state index in [0.29, 0.717) is 54.1 Å². The first-order valence-corrected chi connectivity index (χ1v) is 20.0. The summed E-state index contributed by atoms with van der Waals surface area (Å²) < 4.78 is 41.6. The van der Waals surface area contributed by atoms with E-state index in [1.165, 1.54) is 12.1 Å². The number of nitrogens with one attached hydrogen (secondary N) is 4. The van der Waals surface area contributed by atoms with Crippen molar-refractivity contribution in [2.45, 2.75) is 68.9 Å². The van der Waals surface area contributed by atoms with Crippen molar-refractivity contribution in [3.8, 4) is 5.75 Å². The molecule has 3 aromatic carbocycles. The fourth-order valence-corrected chi connectivity index (χ4v) is 8.32. The molecule has 288 valence electrons. The molecule has 12 nitrogen and oxygen atoms in total. The van der Waals surface area contributed by atoms with Crippen molar-refractivity contribution in [3.63, 3.8) is 0 Å². The third-order valence-corrected chi connectivity index (χ3v) is 11.5. The van der Waals surface area contributed by atoms with Crippen molar-refractivity contribution in [3.05, 3.63) is 93.5 Å². The molecule has 2 aliphatic rings. The van der Waals surface area contributed by atoms with Gasteiger partial charge in [0.15, 0.2) is 5.66 Å². The lowest BCUT2D eigenvalue weighted by Gasteiger charge is -2.40. The van der Waals surface area contributed by atoms with Crippen molar-refractivity contribution in [1.29, 1.82) is 0 Å². The first-order valence-electron chi connectivity index (χ1n) is 17.7. The maximum atomic E-state index is 15.3. The zero-order valence-electron chi connectivity index (χ0n) is 31.0. The quantitative estimate of drug-likeness (QED) is 0.196. The Hall–Kier alpha value is -3.27. The number of sulfonamides is 1. The molecule has 2 aliphatic heterocycles. The predicted octanol–water partition coefficient (Wildman–Crippen LogP) is 4.59. The van der Waals surface area contributed by atoms with Gasteiger partial charge in [0.2, 0.25) is 15.9 Å². The van der Waals surface area contributed by atoms with Crippen LogP contribution in [-0.4, -0.2) is 94.7 Å². The Kier molecular flexibility index (Phi) is 13.1. The number of halogens is 2. The lowest BCUT2D eigenvalue weighted by molar-refractivity contribution is -0.141. The molecule has 2 heterocycles. The Labute approximate surface area is 322 Å². The number of hydrogen-bond donors (Lipinski definition) is 4. The van der Waals surface area contributed by atoms with Gasteiger partial charge in [-0.1, -0.05) is 47.5 Å². The summed E-state index contributed by atoms with van der Waals surface area (Å²) >= 11 is 12.6. The SMILES string of the molecule is CCOc1ccc(S(=O)(=O)NC(C)(C)C)cc1C1(C(=O)N2CCN(CC(=O)NCC(C)OC)CC2)N[C@H](c2ccc(Cl)cc2)[C@H](c2ccc(Cl)cc2)N1. The molecule has 0 spiro atoms. The smallest absolute Gasteiger partial charge is 0.262 e. The Morgan fingerprint density at radius 2 is 1.47 bits per heavy atom. The summed E-state index contributed by atoms with van der Waals surface area (Å²) in [5.41, 5.74) is -0.391. The number of piperazine rings is 1. The molecule has 2 amide bonds. The van der Waals surface area contributed by atoms with Crippen molar-refractivity contribution in [2.24, 2.45) is 0 Å². The molecule has 2 saturated heterocycles. The third-order valence-electron chi connectivity index (χ3n) is 9.28. The monoisotopic (exact) mass is 788 g/mol. The predicted molar refractivity (Wildman–Crippen MR) is 207 cm³/mol. The van der Waals surface area contributed by atoms with E-state index in [0.717, 1.165) is 11.1 Å². The van der Waals surface area contributed by atoms with Gasteiger partial charge in [-0.25, -0.2) is 13.1 Å². The zero-order valence-corrected chi connectivity index (χ0v) is 33.4. The highest BCUT2D eigenvalue weighted by molar-refractivity contribution is 7.89. The Morgan fingerprint density at radius 1 is 0.925 bits per heavy atom. The second-order valence-corrected chi connectivity index (χ2v) is 17.0. The summed E-state index contributed by atoms with van der Waals surface area (Å²) in [6.45, 7) is 11.4. The van der Waals surface area contributed by atoms with Gasteiger partial charge >= 0.3 is 0 Å². The number of carbonyl (C=O) groups is 2. The van der Waals surface area contributed by atoms with Crippen LogP contribution in [0.5, 0.6) is 5.75 Å². The molecule has 5 rings (SSSR count). The van der Waals surface area contributed by atoms with E-state index in [-0.39, 0.29) is 36.0 Å².